The number of rotatable bonds is 15. The highest BCUT2D eigenvalue weighted by molar-refractivity contribution is 8.01. The molecule has 0 aromatic heterocycles. The minimum absolute atomic E-state index is 0.0257. The maximum absolute atomic E-state index is 12.6. The van der Waals surface area contributed by atoms with Crippen LogP contribution in [-0.2, 0) is 24.0 Å². The number of carbonyl (C=O) groups excluding carboxylic acids is 4. The summed E-state index contributed by atoms with van der Waals surface area (Å²) in [5.74, 6) is -2.81. The van der Waals surface area contributed by atoms with Crippen molar-refractivity contribution in [1.29, 1.82) is 0 Å². The van der Waals surface area contributed by atoms with Gasteiger partial charge in [-0.15, -0.1) is 11.8 Å². The Hall–Kier alpha value is -1.90. The van der Waals surface area contributed by atoms with E-state index in [0.29, 0.717) is 5.25 Å². The first kappa shape index (κ1) is 28.1. The zero-order valence-electron chi connectivity index (χ0n) is 18.8. The van der Waals surface area contributed by atoms with E-state index in [-0.39, 0.29) is 60.9 Å². The number of nitrogens with one attached hydrogen (secondary N) is 2. The van der Waals surface area contributed by atoms with E-state index in [1.54, 1.807) is 27.7 Å². The molecular formula is C21H36N2O6S. The van der Waals surface area contributed by atoms with Crippen LogP contribution in [0.3, 0.4) is 0 Å². The van der Waals surface area contributed by atoms with Crippen molar-refractivity contribution in [2.75, 3.05) is 6.54 Å². The molecule has 0 saturated heterocycles. The molecule has 0 bridgehead atoms. The van der Waals surface area contributed by atoms with E-state index in [4.69, 9.17) is 5.11 Å². The highest BCUT2D eigenvalue weighted by Gasteiger charge is 2.26. The second kappa shape index (κ2) is 14.2. The minimum Gasteiger partial charge on any atom is -0.481 e. The first-order valence-electron chi connectivity index (χ1n) is 10.4. The lowest BCUT2D eigenvalue weighted by atomic mass is 9.90. The SMILES string of the molecule is CC(C)SC(C)C(=O)NCCC(=O)N[C@@H](CCC(=O)O)C(=O)C[C@@H](C)C(=O)C(C)C. The van der Waals surface area contributed by atoms with Crippen LogP contribution in [0.4, 0.5) is 0 Å². The van der Waals surface area contributed by atoms with Crippen LogP contribution >= 0.6 is 11.8 Å². The second-order valence-electron chi connectivity index (χ2n) is 8.05. The number of carbonyl (C=O) groups is 5. The monoisotopic (exact) mass is 444 g/mol. The van der Waals surface area contributed by atoms with Crippen LogP contribution in [0.1, 0.15) is 67.2 Å². The van der Waals surface area contributed by atoms with Gasteiger partial charge in [0.05, 0.1) is 11.3 Å². The molecule has 0 aromatic rings. The summed E-state index contributed by atoms with van der Waals surface area (Å²) < 4.78 is 0. The molecule has 1 unspecified atom stereocenters. The van der Waals surface area contributed by atoms with Crippen molar-refractivity contribution in [2.24, 2.45) is 11.8 Å². The van der Waals surface area contributed by atoms with Gasteiger partial charge in [-0.05, 0) is 18.6 Å². The molecule has 0 aliphatic heterocycles. The Bertz CT molecular complexity index is 621. The normalized spacial score (nSPS) is 14.1. The fourth-order valence-corrected chi connectivity index (χ4v) is 3.90. The Kier molecular flexibility index (Phi) is 13.3. The molecule has 0 aromatic carbocycles. The Labute approximate surface area is 183 Å². The Morgan fingerprint density at radius 2 is 1.53 bits per heavy atom. The molecule has 0 fully saturated rings. The number of thioether (sulfide) groups is 1. The van der Waals surface area contributed by atoms with Gasteiger partial charge in [-0.3, -0.25) is 24.0 Å². The highest BCUT2D eigenvalue weighted by Crippen LogP contribution is 2.16. The van der Waals surface area contributed by atoms with Crippen molar-refractivity contribution in [3.8, 4) is 0 Å². The van der Waals surface area contributed by atoms with Gasteiger partial charge in [-0.1, -0.05) is 34.6 Å². The zero-order chi connectivity index (χ0) is 23.4. The molecular weight excluding hydrogens is 408 g/mol. The lowest BCUT2D eigenvalue weighted by Crippen LogP contribution is -2.43. The third-order valence-electron chi connectivity index (χ3n) is 4.43. The lowest BCUT2D eigenvalue weighted by molar-refractivity contribution is -0.138. The molecule has 8 nitrogen and oxygen atoms in total. The number of carboxylic acid groups (broad SMARTS) is 1. The number of ketones is 2. The van der Waals surface area contributed by atoms with Gasteiger partial charge in [-0.2, -0.15) is 0 Å². The lowest BCUT2D eigenvalue weighted by Gasteiger charge is -2.20. The highest BCUT2D eigenvalue weighted by atomic mass is 32.2. The topological polar surface area (TPSA) is 130 Å². The zero-order valence-corrected chi connectivity index (χ0v) is 19.6. The van der Waals surface area contributed by atoms with Crippen LogP contribution < -0.4 is 10.6 Å². The summed E-state index contributed by atoms with van der Waals surface area (Å²) in [6.45, 7) is 11.1. The number of aliphatic carboxylic acids is 1. The summed E-state index contributed by atoms with van der Waals surface area (Å²) >= 11 is 1.51. The quantitative estimate of drug-likeness (QED) is 0.353. The van der Waals surface area contributed by atoms with E-state index >= 15 is 0 Å². The fraction of sp³-hybridized carbons (Fsp3) is 0.762. The van der Waals surface area contributed by atoms with Gasteiger partial charge in [0.25, 0.3) is 0 Å². The molecule has 0 aliphatic rings. The molecule has 0 radical (unpaired) electrons. The maximum Gasteiger partial charge on any atom is 0.303 e. The summed E-state index contributed by atoms with van der Waals surface area (Å²) in [6, 6.07) is -0.970. The van der Waals surface area contributed by atoms with Gasteiger partial charge in [0.15, 0.2) is 5.78 Å². The van der Waals surface area contributed by atoms with Crippen LogP contribution in [0.2, 0.25) is 0 Å². The standard InChI is InChI=1S/C21H36N2O6S/c1-12(2)20(28)14(5)11-17(24)16(7-8-19(26)27)23-18(25)9-10-22-21(29)15(6)30-13(3)4/h12-16H,7-11H2,1-6H3,(H,22,29)(H,23,25)(H,26,27)/t14-,15?,16+/m1/s1. The average molecular weight is 445 g/mol. The van der Waals surface area contributed by atoms with Crippen LogP contribution in [0.25, 0.3) is 0 Å². The number of carboxylic acids is 1. The molecule has 30 heavy (non-hydrogen) atoms. The fourth-order valence-electron chi connectivity index (χ4n) is 2.87. The molecule has 3 N–H and O–H groups in total. The van der Waals surface area contributed by atoms with Crippen molar-refractivity contribution in [1.82, 2.24) is 10.6 Å². The van der Waals surface area contributed by atoms with Gasteiger partial charge < -0.3 is 15.7 Å². The summed E-state index contributed by atoms with van der Waals surface area (Å²) in [6.07, 6.45) is -0.398. The first-order chi connectivity index (χ1) is 13.8. The van der Waals surface area contributed by atoms with Gasteiger partial charge in [0.2, 0.25) is 11.8 Å². The van der Waals surface area contributed by atoms with Gasteiger partial charge in [0.1, 0.15) is 5.78 Å². The molecule has 0 aliphatic carbocycles. The number of hydrogen-bond acceptors (Lipinski definition) is 6. The van der Waals surface area contributed by atoms with Crippen molar-refractivity contribution in [2.45, 2.75) is 83.8 Å². The Morgan fingerprint density at radius 1 is 0.933 bits per heavy atom. The first-order valence-corrected chi connectivity index (χ1v) is 11.3. The Morgan fingerprint density at radius 3 is 2.03 bits per heavy atom. The summed E-state index contributed by atoms with van der Waals surface area (Å²) in [5.41, 5.74) is 0. The third-order valence-corrected chi connectivity index (χ3v) is 5.60. The predicted octanol–water partition coefficient (Wildman–Crippen LogP) is 2.19. The molecule has 0 rings (SSSR count). The minimum atomic E-state index is -1.07. The van der Waals surface area contributed by atoms with E-state index in [2.05, 4.69) is 10.6 Å². The van der Waals surface area contributed by atoms with Gasteiger partial charge in [-0.25, -0.2) is 0 Å². The summed E-state index contributed by atoms with van der Waals surface area (Å²) in [7, 11) is 0. The Balaban J connectivity index is 4.74. The van der Waals surface area contributed by atoms with Crippen molar-refractivity contribution in [3.63, 3.8) is 0 Å². The predicted molar refractivity (Wildman–Crippen MR) is 117 cm³/mol. The van der Waals surface area contributed by atoms with Crippen molar-refractivity contribution < 1.29 is 29.1 Å². The molecule has 3 atom stereocenters. The van der Waals surface area contributed by atoms with Crippen LogP contribution in [0, 0.1) is 11.8 Å². The number of hydrogen-bond donors (Lipinski definition) is 3. The number of amides is 2. The molecule has 0 saturated carbocycles. The van der Waals surface area contributed by atoms with E-state index in [1.807, 2.05) is 13.8 Å². The van der Waals surface area contributed by atoms with E-state index in [1.165, 1.54) is 11.8 Å². The summed E-state index contributed by atoms with van der Waals surface area (Å²) in [5, 5.41) is 14.2. The molecule has 172 valence electrons. The second-order valence-corrected chi connectivity index (χ2v) is 9.97. The van der Waals surface area contributed by atoms with Crippen LogP contribution in [0.5, 0.6) is 0 Å². The van der Waals surface area contributed by atoms with E-state index < -0.39 is 23.8 Å². The molecule has 0 spiro atoms. The van der Waals surface area contributed by atoms with E-state index in [9.17, 15) is 24.0 Å². The van der Waals surface area contributed by atoms with Crippen LogP contribution in [-0.4, -0.2) is 57.5 Å². The maximum atomic E-state index is 12.6. The summed E-state index contributed by atoms with van der Waals surface area (Å²) in [4.78, 5) is 59.7. The number of Topliss-reactive ketones (excluding diaryl/α,β-unsaturated/α-hetero) is 2. The van der Waals surface area contributed by atoms with Crippen molar-refractivity contribution in [3.05, 3.63) is 0 Å². The third kappa shape index (κ3) is 11.9. The molecule has 2 amide bonds. The van der Waals surface area contributed by atoms with E-state index in [0.717, 1.165) is 0 Å². The average Bonchev–Trinajstić information content (AvgIpc) is 2.63. The smallest absolute Gasteiger partial charge is 0.303 e. The van der Waals surface area contributed by atoms with Gasteiger partial charge >= 0.3 is 5.97 Å². The largest absolute Gasteiger partial charge is 0.481 e. The van der Waals surface area contributed by atoms with Gasteiger partial charge in [0, 0.05) is 37.6 Å². The molecule has 0 heterocycles. The van der Waals surface area contributed by atoms with Crippen LogP contribution in [0.15, 0.2) is 0 Å². The van der Waals surface area contributed by atoms with Crippen molar-refractivity contribution >= 4 is 41.1 Å². The molecule has 9 heteroatoms.